The fraction of sp³-hybridized carbons (Fsp3) is 0.0769. The van der Waals surface area contributed by atoms with Crippen molar-refractivity contribution in [2.24, 2.45) is 5.73 Å². The van der Waals surface area contributed by atoms with E-state index in [4.69, 9.17) is 5.73 Å². The van der Waals surface area contributed by atoms with E-state index in [1.54, 1.807) is 0 Å². The van der Waals surface area contributed by atoms with E-state index in [2.05, 4.69) is 29.9 Å². The Morgan fingerprint density at radius 2 is 2.13 bits per heavy atom. The Morgan fingerprint density at radius 3 is 2.80 bits per heavy atom. The molecule has 0 saturated heterocycles. The highest BCUT2D eigenvalue weighted by molar-refractivity contribution is 5.92. The molecule has 15 heavy (non-hydrogen) atoms. The minimum Gasteiger partial charge on any atom is -0.399 e. The van der Waals surface area contributed by atoms with E-state index in [9.17, 15) is 0 Å². The first-order valence-corrected chi connectivity index (χ1v) is 4.87. The van der Waals surface area contributed by atoms with E-state index >= 15 is 0 Å². The lowest BCUT2D eigenvalue weighted by molar-refractivity contribution is 0.864. The van der Waals surface area contributed by atoms with Crippen LogP contribution in [0.25, 0.3) is 16.6 Å². The fourth-order valence-corrected chi connectivity index (χ4v) is 1.79. The Labute approximate surface area is 89.3 Å². The maximum Gasteiger partial charge on any atom is 0.0490 e. The van der Waals surface area contributed by atoms with Gasteiger partial charge in [-0.3, -0.25) is 0 Å². The van der Waals surface area contributed by atoms with Gasteiger partial charge in [0.1, 0.15) is 0 Å². The van der Waals surface area contributed by atoms with E-state index in [0.29, 0.717) is 5.70 Å². The zero-order valence-corrected chi connectivity index (χ0v) is 8.61. The number of nitrogens with zero attached hydrogens (tertiary/aromatic N) is 1. The van der Waals surface area contributed by atoms with Gasteiger partial charge < -0.3 is 10.3 Å². The summed E-state index contributed by atoms with van der Waals surface area (Å²) < 4.78 is 2.12. The molecule has 0 aliphatic heterocycles. The molecule has 1 aromatic heterocycles. The second kappa shape index (κ2) is 3.65. The number of nitrogens with two attached hydrogens (primary N) is 1. The van der Waals surface area contributed by atoms with Crippen molar-refractivity contribution in [1.29, 1.82) is 0 Å². The Bertz CT molecular complexity index is 520. The van der Waals surface area contributed by atoms with Crippen LogP contribution >= 0.6 is 0 Å². The fourth-order valence-electron chi connectivity index (χ4n) is 1.79. The summed E-state index contributed by atoms with van der Waals surface area (Å²) in [6, 6.07) is 8.16. The van der Waals surface area contributed by atoms with Crippen molar-refractivity contribution < 1.29 is 0 Å². The van der Waals surface area contributed by atoms with Crippen LogP contribution in [0.3, 0.4) is 0 Å². The van der Waals surface area contributed by atoms with Gasteiger partial charge >= 0.3 is 0 Å². The van der Waals surface area contributed by atoms with Gasteiger partial charge in [0.05, 0.1) is 0 Å². The molecular weight excluding hydrogens is 184 g/mol. The predicted octanol–water partition coefficient (Wildman–Crippen LogP) is 2.76. The maximum absolute atomic E-state index is 5.76. The van der Waals surface area contributed by atoms with Crippen molar-refractivity contribution in [3.05, 3.63) is 55.3 Å². The quantitative estimate of drug-likeness (QED) is 0.755. The molecule has 0 aliphatic carbocycles. The van der Waals surface area contributed by atoms with Gasteiger partial charge in [-0.15, -0.1) is 6.58 Å². The molecule has 0 unspecified atom stereocenters. The van der Waals surface area contributed by atoms with Gasteiger partial charge in [0.15, 0.2) is 0 Å². The van der Waals surface area contributed by atoms with E-state index in [1.807, 2.05) is 24.4 Å². The molecule has 0 spiro atoms. The number of hydrogen-bond donors (Lipinski definition) is 1. The van der Waals surface area contributed by atoms with Gasteiger partial charge in [0.2, 0.25) is 0 Å². The zero-order chi connectivity index (χ0) is 10.8. The van der Waals surface area contributed by atoms with Crippen molar-refractivity contribution in [3.8, 4) is 0 Å². The Balaban J connectivity index is 2.72. The SMILES string of the molecule is C=CCn1cc(C(=C)N)c2ccccc21. The average Bonchev–Trinajstić information content (AvgIpc) is 2.59. The summed E-state index contributed by atoms with van der Waals surface area (Å²) in [5.41, 5.74) is 8.53. The first-order valence-electron chi connectivity index (χ1n) is 4.87. The van der Waals surface area contributed by atoms with Crippen molar-refractivity contribution >= 4 is 16.6 Å². The standard InChI is InChI=1S/C13H14N2/c1-3-8-15-9-12(10(2)14)11-6-4-5-7-13(11)15/h3-7,9H,1-2,8,14H2. The maximum atomic E-state index is 5.76. The molecule has 0 radical (unpaired) electrons. The second-order valence-corrected chi connectivity index (χ2v) is 3.53. The molecule has 0 amide bonds. The Hall–Kier alpha value is -1.96. The molecule has 2 aromatic rings. The predicted molar refractivity (Wildman–Crippen MR) is 65.4 cm³/mol. The Kier molecular flexibility index (Phi) is 2.34. The topological polar surface area (TPSA) is 30.9 Å². The number of para-hydroxylation sites is 1. The molecule has 0 fully saturated rings. The number of aromatic nitrogens is 1. The van der Waals surface area contributed by atoms with Crippen LogP contribution < -0.4 is 5.73 Å². The number of rotatable bonds is 3. The number of benzene rings is 1. The van der Waals surface area contributed by atoms with Crippen LogP contribution in [0.2, 0.25) is 0 Å². The van der Waals surface area contributed by atoms with Crippen LogP contribution in [-0.4, -0.2) is 4.57 Å². The van der Waals surface area contributed by atoms with E-state index in [0.717, 1.165) is 17.5 Å². The third-order valence-corrected chi connectivity index (χ3v) is 2.46. The highest BCUT2D eigenvalue weighted by atomic mass is 15.0. The van der Waals surface area contributed by atoms with Gasteiger partial charge in [-0.2, -0.15) is 0 Å². The summed E-state index contributed by atoms with van der Waals surface area (Å²) in [5, 5.41) is 1.15. The van der Waals surface area contributed by atoms with E-state index in [-0.39, 0.29) is 0 Å². The lowest BCUT2D eigenvalue weighted by Crippen LogP contribution is -1.93. The van der Waals surface area contributed by atoms with E-state index in [1.165, 1.54) is 5.52 Å². The van der Waals surface area contributed by atoms with Crippen LogP contribution in [-0.2, 0) is 6.54 Å². The minimum absolute atomic E-state index is 0.606. The molecule has 1 aromatic carbocycles. The molecule has 76 valence electrons. The summed E-state index contributed by atoms with van der Waals surface area (Å²) in [6.45, 7) is 8.32. The highest BCUT2D eigenvalue weighted by Gasteiger charge is 2.07. The summed E-state index contributed by atoms with van der Waals surface area (Å²) >= 11 is 0. The van der Waals surface area contributed by atoms with Crippen LogP contribution in [0.15, 0.2) is 49.7 Å². The molecule has 2 rings (SSSR count). The monoisotopic (exact) mass is 198 g/mol. The lowest BCUT2D eigenvalue weighted by atomic mass is 10.1. The summed E-state index contributed by atoms with van der Waals surface area (Å²) in [4.78, 5) is 0. The highest BCUT2D eigenvalue weighted by Crippen LogP contribution is 2.24. The summed E-state index contributed by atoms with van der Waals surface area (Å²) in [6.07, 6.45) is 3.89. The molecule has 2 nitrogen and oxygen atoms in total. The van der Waals surface area contributed by atoms with Crippen molar-refractivity contribution in [2.75, 3.05) is 0 Å². The van der Waals surface area contributed by atoms with E-state index < -0.39 is 0 Å². The zero-order valence-electron chi connectivity index (χ0n) is 8.61. The molecule has 0 aliphatic rings. The third-order valence-electron chi connectivity index (χ3n) is 2.46. The van der Waals surface area contributed by atoms with Gasteiger partial charge in [-0.05, 0) is 6.07 Å². The van der Waals surface area contributed by atoms with Gasteiger partial charge in [-0.1, -0.05) is 30.9 Å². The van der Waals surface area contributed by atoms with Crippen LogP contribution in [0.1, 0.15) is 5.56 Å². The van der Waals surface area contributed by atoms with Crippen molar-refractivity contribution in [1.82, 2.24) is 4.57 Å². The smallest absolute Gasteiger partial charge is 0.0490 e. The normalized spacial score (nSPS) is 10.4. The summed E-state index contributed by atoms with van der Waals surface area (Å²) in [7, 11) is 0. The number of fused-ring (bicyclic) bond motifs is 1. The molecule has 0 atom stereocenters. The number of allylic oxidation sites excluding steroid dienone is 1. The minimum atomic E-state index is 0.606. The van der Waals surface area contributed by atoms with Gasteiger partial charge in [0.25, 0.3) is 0 Å². The van der Waals surface area contributed by atoms with Crippen LogP contribution in [0.4, 0.5) is 0 Å². The average molecular weight is 198 g/mol. The van der Waals surface area contributed by atoms with Crippen molar-refractivity contribution in [3.63, 3.8) is 0 Å². The third kappa shape index (κ3) is 1.54. The van der Waals surface area contributed by atoms with Crippen LogP contribution in [0.5, 0.6) is 0 Å². The molecule has 1 heterocycles. The molecular formula is C13H14N2. The molecule has 0 bridgehead atoms. The van der Waals surface area contributed by atoms with Crippen LogP contribution in [0, 0.1) is 0 Å². The lowest BCUT2D eigenvalue weighted by Gasteiger charge is -1.98. The molecule has 2 N–H and O–H groups in total. The second-order valence-electron chi connectivity index (χ2n) is 3.53. The van der Waals surface area contributed by atoms with Crippen molar-refractivity contribution in [2.45, 2.75) is 6.54 Å². The first-order chi connectivity index (χ1) is 7.24. The molecule has 2 heteroatoms. The van der Waals surface area contributed by atoms with Gasteiger partial charge in [0, 0.05) is 34.9 Å². The molecule has 0 saturated carbocycles. The summed E-state index contributed by atoms with van der Waals surface area (Å²) in [5.74, 6) is 0. The Morgan fingerprint density at radius 1 is 1.40 bits per heavy atom. The van der Waals surface area contributed by atoms with Gasteiger partial charge in [-0.25, -0.2) is 0 Å². The first kappa shape index (κ1) is 9.59. The number of hydrogen-bond acceptors (Lipinski definition) is 1. The largest absolute Gasteiger partial charge is 0.399 e.